The molecule has 3 aromatic rings. The molecule has 7 heteroatoms. The number of benzene rings is 1. The summed E-state index contributed by atoms with van der Waals surface area (Å²) in [5.41, 5.74) is 4.80. The van der Waals surface area contributed by atoms with E-state index in [-0.39, 0.29) is 5.91 Å². The number of aryl methyl sites for hydroxylation is 2. The zero-order chi connectivity index (χ0) is 19.0. The molecule has 0 saturated carbocycles. The molecule has 2 heterocycles. The average molecular weight is 368 g/mol. The van der Waals surface area contributed by atoms with Crippen molar-refractivity contribution in [2.45, 2.75) is 32.2 Å². The Hall–Kier alpha value is -2.96. The second kappa shape index (κ2) is 6.98. The molecule has 7 nitrogen and oxygen atoms in total. The van der Waals surface area contributed by atoms with Crippen LogP contribution in [0.25, 0.3) is 10.9 Å². The van der Waals surface area contributed by atoms with Crippen LogP contribution in [-0.4, -0.2) is 34.9 Å². The molecule has 1 aromatic carbocycles. The number of hydrogen-bond acceptors (Lipinski definition) is 4. The minimum atomic E-state index is -0.148. The number of fused-ring (bicyclic) bond motifs is 2. The van der Waals surface area contributed by atoms with Gasteiger partial charge in [0.05, 0.1) is 32.0 Å². The Morgan fingerprint density at radius 3 is 2.74 bits per heavy atom. The van der Waals surface area contributed by atoms with Crippen LogP contribution in [0.4, 0.5) is 0 Å². The van der Waals surface area contributed by atoms with Crippen molar-refractivity contribution in [1.82, 2.24) is 20.1 Å². The second-order valence-electron chi connectivity index (χ2n) is 6.84. The molecule has 0 unspecified atom stereocenters. The summed E-state index contributed by atoms with van der Waals surface area (Å²) in [6.45, 7) is 0.417. The number of ether oxygens (including phenoxy) is 2. The van der Waals surface area contributed by atoms with Gasteiger partial charge in [0, 0.05) is 18.1 Å². The van der Waals surface area contributed by atoms with E-state index in [2.05, 4.69) is 15.5 Å². The van der Waals surface area contributed by atoms with Crippen molar-refractivity contribution in [1.29, 1.82) is 0 Å². The molecular formula is C20H24N4O3. The van der Waals surface area contributed by atoms with Crippen molar-refractivity contribution in [2.75, 3.05) is 14.2 Å². The number of rotatable bonds is 5. The minimum Gasteiger partial charge on any atom is -0.496 e. The SMILES string of the molecule is COc1ccc(OC)c2c1cc(C(=O)NCc1n[nH]c3c1CCCC3)n2C. The Morgan fingerprint density at radius 1 is 1.22 bits per heavy atom. The molecule has 27 heavy (non-hydrogen) atoms. The molecule has 0 spiro atoms. The van der Waals surface area contributed by atoms with Gasteiger partial charge in [0.1, 0.15) is 17.2 Å². The van der Waals surface area contributed by atoms with E-state index >= 15 is 0 Å². The molecule has 142 valence electrons. The monoisotopic (exact) mass is 368 g/mol. The fraction of sp³-hybridized carbons (Fsp3) is 0.400. The van der Waals surface area contributed by atoms with Crippen LogP contribution >= 0.6 is 0 Å². The fourth-order valence-corrected chi connectivity index (χ4v) is 3.92. The van der Waals surface area contributed by atoms with Crippen LogP contribution in [-0.2, 0) is 26.4 Å². The predicted octanol–water partition coefficient (Wildman–Crippen LogP) is 2.73. The normalized spacial score (nSPS) is 13.4. The average Bonchev–Trinajstić information content (AvgIpc) is 3.27. The predicted molar refractivity (Wildman–Crippen MR) is 102 cm³/mol. The van der Waals surface area contributed by atoms with Crippen molar-refractivity contribution in [2.24, 2.45) is 7.05 Å². The van der Waals surface area contributed by atoms with Gasteiger partial charge in [-0.2, -0.15) is 5.10 Å². The molecule has 0 atom stereocenters. The second-order valence-corrected chi connectivity index (χ2v) is 6.84. The lowest BCUT2D eigenvalue weighted by atomic mass is 9.96. The largest absolute Gasteiger partial charge is 0.496 e. The first-order valence-electron chi connectivity index (χ1n) is 9.17. The van der Waals surface area contributed by atoms with E-state index in [0.717, 1.165) is 29.4 Å². The van der Waals surface area contributed by atoms with Crippen molar-refractivity contribution >= 4 is 16.8 Å². The van der Waals surface area contributed by atoms with Gasteiger partial charge in [0.25, 0.3) is 5.91 Å². The van der Waals surface area contributed by atoms with Crippen molar-refractivity contribution in [3.63, 3.8) is 0 Å². The number of methoxy groups -OCH3 is 2. The Balaban J connectivity index is 1.61. The number of H-pyrrole nitrogens is 1. The lowest BCUT2D eigenvalue weighted by Gasteiger charge is -2.12. The van der Waals surface area contributed by atoms with Crippen LogP contribution in [0.5, 0.6) is 11.5 Å². The van der Waals surface area contributed by atoms with Gasteiger partial charge in [-0.3, -0.25) is 9.89 Å². The van der Waals surface area contributed by atoms with Crippen LogP contribution in [0.1, 0.15) is 40.3 Å². The van der Waals surface area contributed by atoms with Gasteiger partial charge in [0.2, 0.25) is 0 Å². The van der Waals surface area contributed by atoms with Gasteiger partial charge in [-0.1, -0.05) is 0 Å². The lowest BCUT2D eigenvalue weighted by Crippen LogP contribution is -2.25. The summed E-state index contributed by atoms with van der Waals surface area (Å²) in [5.74, 6) is 1.26. The molecule has 0 fully saturated rings. The Morgan fingerprint density at radius 2 is 1.96 bits per heavy atom. The molecule has 0 bridgehead atoms. The van der Waals surface area contributed by atoms with Gasteiger partial charge < -0.3 is 19.4 Å². The van der Waals surface area contributed by atoms with Gasteiger partial charge in [-0.25, -0.2) is 0 Å². The standard InChI is InChI=1S/C20H24N4O3/c1-24-16(10-13-17(26-2)8-9-18(27-3)19(13)24)20(25)21-11-15-12-6-4-5-7-14(12)22-23-15/h8-10H,4-7,11H2,1-3H3,(H,21,25)(H,22,23). The zero-order valence-electron chi connectivity index (χ0n) is 15.9. The quantitative estimate of drug-likeness (QED) is 0.726. The molecule has 2 N–H and O–H groups in total. The lowest BCUT2D eigenvalue weighted by molar-refractivity contribution is 0.0942. The highest BCUT2D eigenvalue weighted by Crippen LogP contribution is 2.35. The summed E-state index contributed by atoms with van der Waals surface area (Å²) in [4.78, 5) is 12.8. The van der Waals surface area contributed by atoms with E-state index in [4.69, 9.17) is 9.47 Å². The van der Waals surface area contributed by atoms with E-state index in [1.54, 1.807) is 14.2 Å². The summed E-state index contributed by atoms with van der Waals surface area (Å²) in [6.07, 6.45) is 4.44. The summed E-state index contributed by atoms with van der Waals surface area (Å²) in [5, 5.41) is 11.4. The van der Waals surface area contributed by atoms with E-state index in [0.29, 0.717) is 23.7 Å². The molecule has 1 aliphatic rings. The third-order valence-electron chi connectivity index (χ3n) is 5.35. The summed E-state index contributed by atoms with van der Waals surface area (Å²) < 4.78 is 12.7. The zero-order valence-corrected chi connectivity index (χ0v) is 15.9. The van der Waals surface area contributed by atoms with E-state index in [1.807, 2.05) is 29.8 Å². The number of aromatic nitrogens is 3. The topological polar surface area (TPSA) is 81.2 Å². The van der Waals surface area contributed by atoms with Crippen molar-refractivity contribution in [3.8, 4) is 11.5 Å². The molecular weight excluding hydrogens is 344 g/mol. The Bertz CT molecular complexity index is 1000. The maximum absolute atomic E-state index is 12.8. The highest BCUT2D eigenvalue weighted by Gasteiger charge is 2.21. The van der Waals surface area contributed by atoms with E-state index < -0.39 is 0 Å². The van der Waals surface area contributed by atoms with Crippen LogP contribution < -0.4 is 14.8 Å². The molecule has 2 aromatic heterocycles. The van der Waals surface area contributed by atoms with Crippen LogP contribution in [0, 0.1) is 0 Å². The highest BCUT2D eigenvalue weighted by molar-refractivity contribution is 6.02. The van der Waals surface area contributed by atoms with Gasteiger partial charge in [-0.05, 0) is 49.4 Å². The van der Waals surface area contributed by atoms with Crippen LogP contribution in [0.15, 0.2) is 18.2 Å². The number of amides is 1. The number of nitrogens with zero attached hydrogens (tertiary/aromatic N) is 2. The third-order valence-corrected chi connectivity index (χ3v) is 5.35. The molecule has 1 aliphatic carbocycles. The first kappa shape index (κ1) is 17.5. The number of aromatic amines is 1. The van der Waals surface area contributed by atoms with Crippen molar-refractivity contribution < 1.29 is 14.3 Å². The minimum absolute atomic E-state index is 0.148. The summed E-state index contributed by atoms with van der Waals surface area (Å²) >= 11 is 0. The van der Waals surface area contributed by atoms with E-state index in [9.17, 15) is 4.79 Å². The van der Waals surface area contributed by atoms with E-state index in [1.165, 1.54) is 24.1 Å². The number of carbonyl (C=O) groups is 1. The molecule has 0 radical (unpaired) electrons. The number of carbonyl (C=O) groups excluding carboxylic acids is 1. The fourth-order valence-electron chi connectivity index (χ4n) is 3.92. The van der Waals surface area contributed by atoms with Gasteiger partial charge in [0.15, 0.2) is 0 Å². The van der Waals surface area contributed by atoms with Crippen molar-refractivity contribution in [3.05, 3.63) is 40.8 Å². The smallest absolute Gasteiger partial charge is 0.268 e. The van der Waals surface area contributed by atoms with Gasteiger partial charge in [-0.15, -0.1) is 0 Å². The molecule has 1 amide bonds. The third kappa shape index (κ3) is 2.93. The first-order valence-corrected chi connectivity index (χ1v) is 9.17. The molecule has 0 saturated heterocycles. The number of nitrogens with one attached hydrogen (secondary N) is 2. The summed E-state index contributed by atoms with van der Waals surface area (Å²) in [6, 6.07) is 5.53. The summed E-state index contributed by atoms with van der Waals surface area (Å²) in [7, 11) is 5.10. The van der Waals surface area contributed by atoms with Gasteiger partial charge >= 0.3 is 0 Å². The Labute approximate surface area is 157 Å². The molecule has 4 rings (SSSR count). The maximum Gasteiger partial charge on any atom is 0.268 e. The molecule has 0 aliphatic heterocycles. The number of hydrogen-bond donors (Lipinski definition) is 2. The Kier molecular flexibility index (Phi) is 4.51. The first-order chi connectivity index (χ1) is 13.1. The maximum atomic E-state index is 12.8. The highest BCUT2D eigenvalue weighted by atomic mass is 16.5. The van der Waals surface area contributed by atoms with Crippen LogP contribution in [0.3, 0.4) is 0 Å². The van der Waals surface area contributed by atoms with Crippen LogP contribution in [0.2, 0.25) is 0 Å².